The number of aromatic nitrogens is 1. The van der Waals surface area contributed by atoms with Gasteiger partial charge >= 0.3 is 0 Å². The van der Waals surface area contributed by atoms with E-state index in [2.05, 4.69) is 10.3 Å². The van der Waals surface area contributed by atoms with Crippen LogP contribution in [0.2, 0.25) is 0 Å². The standard InChI is InChI=1S/C17H18N4O4S/c22-15(10-20-5-7-25-8-6-20)18-17-19-16-13-9-12(21(23)24)3-1-11(13)2-4-14(16)26-17/h1,3,9H,2,4-8,10H2,(H,18,19,22). The number of aryl methyl sites for hydroxylation is 2. The highest BCUT2D eigenvalue weighted by Gasteiger charge is 2.24. The molecule has 2 heterocycles. The van der Waals surface area contributed by atoms with Crippen molar-refractivity contribution in [3.8, 4) is 11.3 Å². The second kappa shape index (κ2) is 7.10. The van der Waals surface area contributed by atoms with Crippen LogP contribution in [0.25, 0.3) is 11.3 Å². The SMILES string of the molecule is O=C(CN1CCOCC1)Nc1nc2c(s1)CCc1ccc([N+](=O)[O-])cc1-2. The molecule has 1 amide bonds. The lowest BCUT2D eigenvalue weighted by molar-refractivity contribution is -0.384. The quantitative estimate of drug-likeness (QED) is 0.650. The number of non-ortho nitro benzene ring substituents is 1. The van der Waals surface area contributed by atoms with Gasteiger partial charge in [-0.15, -0.1) is 11.3 Å². The maximum atomic E-state index is 12.3. The van der Waals surface area contributed by atoms with E-state index in [0.717, 1.165) is 47.6 Å². The summed E-state index contributed by atoms with van der Waals surface area (Å²) in [6.45, 7) is 3.11. The van der Waals surface area contributed by atoms with Crippen molar-refractivity contribution in [3.63, 3.8) is 0 Å². The maximum absolute atomic E-state index is 12.3. The van der Waals surface area contributed by atoms with Crippen molar-refractivity contribution in [1.82, 2.24) is 9.88 Å². The number of amides is 1. The number of nitrogens with zero attached hydrogens (tertiary/aromatic N) is 3. The van der Waals surface area contributed by atoms with E-state index in [1.807, 2.05) is 4.90 Å². The fraction of sp³-hybridized carbons (Fsp3) is 0.412. The van der Waals surface area contributed by atoms with E-state index in [1.54, 1.807) is 12.1 Å². The van der Waals surface area contributed by atoms with Gasteiger partial charge in [-0.25, -0.2) is 4.98 Å². The molecule has 4 rings (SSSR count). The molecule has 2 aliphatic rings. The lowest BCUT2D eigenvalue weighted by Gasteiger charge is -2.25. The zero-order chi connectivity index (χ0) is 18.1. The van der Waals surface area contributed by atoms with E-state index in [1.165, 1.54) is 17.4 Å². The average molecular weight is 374 g/mol. The number of nitro groups is 1. The van der Waals surface area contributed by atoms with E-state index in [4.69, 9.17) is 4.74 Å². The fourth-order valence-corrected chi connectivity index (χ4v) is 4.26. The van der Waals surface area contributed by atoms with Crippen molar-refractivity contribution in [2.75, 3.05) is 38.2 Å². The predicted octanol–water partition coefficient (Wildman–Crippen LogP) is 2.09. The summed E-state index contributed by atoms with van der Waals surface area (Å²) in [4.78, 5) is 30.6. The first-order chi connectivity index (χ1) is 12.6. The predicted molar refractivity (Wildman–Crippen MR) is 97.5 cm³/mol. The number of hydrogen-bond acceptors (Lipinski definition) is 7. The third-order valence-electron chi connectivity index (χ3n) is 4.60. The van der Waals surface area contributed by atoms with Gasteiger partial charge in [0.2, 0.25) is 5.91 Å². The first-order valence-corrected chi connectivity index (χ1v) is 9.29. The van der Waals surface area contributed by atoms with Gasteiger partial charge in [-0.3, -0.25) is 19.8 Å². The van der Waals surface area contributed by atoms with Crippen LogP contribution in [0, 0.1) is 10.1 Å². The van der Waals surface area contributed by atoms with Gasteiger partial charge in [0, 0.05) is 35.7 Å². The molecule has 1 fully saturated rings. The van der Waals surface area contributed by atoms with E-state index in [-0.39, 0.29) is 11.6 Å². The van der Waals surface area contributed by atoms with Gasteiger partial charge in [0.25, 0.3) is 5.69 Å². The number of nitro benzene ring substituents is 1. The van der Waals surface area contributed by atoms with E-state index in [9.17, 15) is 14.9 Å². The molecule has 0 bridgehead atoms. The summed E-state index contributed by atoms with van der Waals surface area (Å²) in [6.07, 6.45) is 1.65. The first-order valence-electron chi connectivity index (χ1n) is 8.47. The molecule has 1 aromatic carbocycles. The molecule has 9 heteroatoms. The van der Waals surface area contributed by atoms with Crippen LogP contribution >= 0.6 is 11.3 Å². The normalized spacial score (nSPS) is 16.6. The Kier molecular flexibility index (Phi) is 4.66. The molecular formula is C17H18N4O4S. The molecule has 1 saturated heterocycles. The molecule has 2 aromatic rings. The topological polar surface area (TPSA) is 97.6 Å². The average Bonchev–Trinajstić information content (AvgIpc) is 3.04. The number of anilines is 1. The third-order valence-corrected chi connectivity index (χ3v) is 5.63. The minimum Gasteiger partial charge on any atom is -0.379 e. The number of nitrogens with one attached hydrogen (secondary N) is 1. The van der Waals surface area contributed by atoms with Gasteiger partial charge in [-0.2, -0.15) is 0 Å². The molecule has 26 heavy (non-hydrogen) atoms. The fourth-order valence-electron chi connectivity index (χ4n) is 3.27. The first kappa shape index (κ1) is 17.1. The Morgan fingerprint density at radius 1 is 1.35 bits per heavy atom. The molecule has 1 N–H and O–H groups in total. The number of morpholine rings is 1. The zero-order valence-electron chi connectivity index (χ0n) is 14.1. The Bertz CT molecular complexity index is 860. The Morgan fingerprint density at radius 2 is 2.15 bits per heavy atom. The summed E-state index contributed by atoms with van der Waals surface area (Å²) in [6, 6.07) is 4.90. The summed E-state index contributed by atoms with van der Waals surface area (Å²) in [5.41, 5.74) is 2.66. The molecule has 0 radical (unpaired) electrons. The highest BCUT2D eigenvalue weighted by atomic mass is 32.1. The zero-order valence-corrected chi connectivity index (χ0v) is 14.9. The second-order valence-electron chi connectivity index (χ2n) is 6.33. The smallest absolute Gasteiger partial charge is 0.270 e. The Morgan fingerprint density at radius 3 is 2.92 bits per heavy atom. The monoisotopic (exact) mass is 374 g/mol. The second-order valence-corrected chi connectivity index (χ2v) is 7.41. The van der Waals surface area contributed by atoms with Crippen LogP contribution in [0.1, 0.15) is 10.4 Å². The van der Waals surface area contributed by atoms with Gasteiger partial charge in [0.1, 0.15) is 0 Å². The van der Waals surface area contributed by atoms with Crippen LogP contribution in [-0.2, 0) is 22.4 Å². The molecular weight excluding hydrogens is 356 g/mol. The molecule has 0 unspecified atom stereocenters. The highest BCUT2D eigenvalue weighted by molar-refractivity contribution is 7.16. The van der Waals surface area contributed by atoms with Crippen LogP contribution < -0.4 is 5.32 Å². The number of rotatable bonds is 4. The minimum atomic E-state index is -0.397. The number of hydrogen-bond donors (Lipinski definition) is 1. The van der Waals surface area contributed by atoms with Crippen molar-refractivity contribution in [2.24, 2.45) is 0 Å². The number of carbonyl (C=O) groups excluding carboxylic acids is 1. The lowest BCUT2D eigenvalue weighted by Crippen LogP contribution is -2.41. The van der Waals surface area contributed by atoms with Crippen molar-refractivity contribution in [1.29, 1.82) is 0 Å². The lowest BCUT2D eigenvalue weighted by atomic mass is 9.93. The molecule has 0 saturated carbocycles. The van der Waals surface area contributed by atoms with Crippen LogP contribution in [0.4, 0.5) is 10.8 Å². The van der Waals surface area contributed by atoms with Gasteiger partial charge in [0.15, 0.2) is 5.13 Å². The van der Waals surface area contributed by atoms with Crippen molar-refractivity contribution in [3.05, 3.63) is 38.8 Å². The molecule has 1 aliphatic carbocycles. The van der Waals surface area contributed by atoms with E-state index >= 15 is 0 Å². The molecule has 0 spiro atoms. The summed E-state index contributed by atoms with van der Waals surface area (Å²) in [5.74, 6) is -0.0998. The molecule has 1 aromatic heterocycles. The largest absolute Gasteiger partial charge is 0.379 e. The minimum absolute atomic E-state index is 0.0579. The Labute approximate surface area is 153 Å². The number of carbonyl (C=O) groups is 1. The van der Waals surface area contributed by atoms with E-state index < -0.39 is 4.92 Å². The number of benzene rings is 1. The summed E-state index contributed by atoms with van der Waals surface area (Å²) >= 11 is 1.45. The molecule has 8 nitrogen and oxygen atoms in total. The Balaban J connectivity index is 1.52. The molecule has 1 aliphatic heterocycles. The Hall–Kier alpha value is -2.36. The van der Waals surface area contributed by atoms with Crippen LogP contribution in [0.3, 0.4) is 0 Å². The van der Waals surface area contributed by atoms with Crippen LogP contribution in [0.15, 0.2) is 18.2 Å². The van der Waals surface area contributed by atoms with Crippen LogP contribution in [-0.4, -0.2) is 53.6 Å². The molecule has 136 valence electrons. The summed E-state index contributed by atoms with van der Waals surface area (Å²) in [5, 5.41) is 14.5. The van der Waals surface area contributed by atoms with Crippen molar-refractivity contribution < 1.29 is 14.5 Å². The highest BCUT2D eigenvalue weighted by Crippen LogP contribution is 2.39. The summed E-state index contributed by atoms with van der Waals surface area (Å²) in [7, 11) is 0. The van der Waals surface area contributed by atoms with Gasteiger partial charge < -0.3 is 10.1 Å². The molecule has 0 atom stereocenters. The summed E-state index contributed by atoms with van der Waals surface area (Å²) < 4.78 is 5.28. The van der Waals surface area contributed by atoms with Gasteiger partial charge in [0.05, 0.1) is 30.4 Å². The number of thiazole rings is 1. The third kappa shape index (κ3) is 3.46. The van der Waals surface area contributed by atoms with Crippen molar-refractivity contribution >= 4 is 28.1 Å². The maximum Gasteiger partial charge on any atom is 0.270 e. The van der Waals surface area contributed by atoms with Crippen molar-refractivity contribution in [2.45, 2.75) is 12.8 Å². The van der Waals surface area contributed by atoms with E-state index in [0.29, 0.717) is 24.9 Å². The van der Waals surface area contributed by atoms with Gasteiger partial charge in [-0.1, -0.05) is 6.07 Å². The number of fused-ring (bicyclic) bond motifs is 3. The van der Waals surface area contributed by atoms with Crippen LogP contribution in [0.5, 0.6) is 0 Å². The number of ether oxygens (including phenoxy) is 1. The van der Waals surface area contributed by atoms with Gasteiger partial charge in [-0.05, 0) is 18.4 Å².